The number of fused-ring (bicyclic) bond motifs is 1. The van der Waals surface area contributed by atoms with Crippen LogP contribution in [-0.2, 0) is 16.0 Å². The molecule has 0 spiro atoms. The van der Waals surface area contributed by atoms with Gasteiger partial charge in [-0.2, -0.15) is 0 Å². The summed E-state index contributed by atoms with van der Waals surface area (Å²) in [6, 6.07) is 11.2. The first-order valence-corrected chi connectivity index (χ1v) is 11.3. The van der Waals surface area contributed by atoms with Gasteiger partial charge in [0, 0.05) is 54.5 Å². The Morgan fingerprint density at radius 1 is 1.29 bits per heavy atom. The van der Waals surface area contributed by atoms with Crippen molar-refractivity contribution in [2.75, 3.05) is 19.1 Å². The van der Waals surface area contributed by atoms with Gasteiger partial charge in [0.25, 0.3) is 5.69 Å². The topological polar surface area (TPSA) is 123 Å². The van der Waals surface area contributed by atoms with Crippen molar-refractivity contribution < 1.29 is 24.2 Å². The average Bonchev–Trinajstić information content (AvgIpc) is 3.33. The molecular formula is C23H25BrN4O6. The van der Waals surface area contributed by atoms with Crippen LogP contribution < -0.4 is 9.64 Å². The van der Waals surface area contributed by atoms with Crippen LogP contribution in [0.1, 0.15) is 24.4 Å². The molecule has 3 atom stereocenters. The summed E-state index contributed by atoms with van der Waals surface area (Å²) in [4.78, 5) is 20.5. The van der Waals surface area contributed by atoms with Crippen molar-refractivity contribution >= 4 is 27.3 Å². The first-order chi connectivity index (χ1) is 16.3. The van der Waals surface area contributed by atoms with Crippen LogP contribution in [-0.4, -0.2) is 52.2 Å². The van der Waals surface area contributed by atoms with Gasteiger partial charge in [0.2, 0.25) is 0 Å². The van der Waals surface area contributed by atoms with Crippen LogP contribution in [0.2, 0.25) is 0 Å². The molecule has 1 aliphatic heterocycles. The molecular weight excluding hydrogens is 508 g/mol. The van der Waals surface area contributed by atoms with Gasteiger partial charge >= 0.3 is 0 Å². The molecule has 0 amide bonds. The molecule has 0 saturated heterocycles. The Morgan fingerprint density at radius 3 is 2.59 bits per heavy atom. The van der Waals surface area contributed by atoms with E-state index in [9.17, 15) is 15.2 Å². The number of ether oxygens (including phenoxy) is 3. The highest BCUT2D eigenvalue weighted by molar-refractivity contribution is 9.10. The molecule has 3 aromatic rings. The number of aliphatic hydroxyl groups is 1. The zero-order valence-electron chi connectivity index (χ0n) is 18.8. The number of non-ortho nitro benzene ring substituents is 1. The molecule has 0 radical (unpaired) electrons. The Hall–Kier alpha value is -2.99. The predicted molar refractivity (Wildman–Crippen MR) is 128 cm³/mol. The summed E-state index contributed by atoms with van der Waals surface area (Å²) in [5.74, 6) is 1.05. The minimum Gasteiger partial charge on any atom is -0.479 e. The van der Waals surface area contributed by atoms with Crippen molar-refractivity contribution in [3.63, 3.8) is 0 Å². The third-order valence-electron chi connectivity index (χ3n) is 6.00. The summed E-state index contributed by atoms with van der Waals surface area (Å²) in [5, 5.41) is 23.3. The fourth-order valence-electron chi connectivity index (χ4n) is 4.37. The quantitative estimate of drug-likeness (QED) is 0.254. The first-order valence-electron chi connectivity index (χ1n) is 10.5. The Morgan fingerprint density at radius 2 is 2.00 bits per heavy atom. The van der Waals surface area contributed by atoms with E-state index in [0.29, 0.717) is 23.7 Å². The van der Waals surface area contributed by atoms with Crippen molar-refractivity contribution in [2.24, 2.45) is 0 Å². The Labute approximate surface area is 204 Å². The first kappa shape index (κ1) is 24.1. The van der Waals surface area contributed by atoms with Crippen molar-refractivity contribution in [2.45, 2.75) is 37.5 Å². The molecule has 34 heavy (non-hydrogen) atoms. The summed E-state index contributed by atoms with van der Waals surface area (Å²) in [5.41, 5.74) is -0.183. The second-order valence-corrected chi connectivity index (χ2v) is 9.01. The zero-order chi connectivity index (χ0) is 24.5. The Kier molecular flexibility index (Phi) is 6.89. The van der Waals surface area contributed by atoms with E-state index in [2.05, 4.69) is 25.9 Å². The van der Waals surface area contributed by atoms with E-state index in [4.69, 9.17) is 14.2 Å². The van der Waals surface area contributed by atoms with Gasteiger partial charge in [-0.3, -0.25) is 10.1 Å². The van der Waals surface area contributed by atoms with Crippen LogP contribution in [0.15, 0.2) is 59.3 Å². The van der Waals surface area contributed by atoms with Crippen LogP contribution in [0.4, 0.5) is 11.4 Å². The lowest BCUT2D eigenvalue weighted by molar-refractivity contribution is -0.385. The highest BCUT2D eigenvalue weighted by Crippen LogP contribution is 2.47. The van der Waals surface area contributed by atoms with Crippen LogP contribution in [0.25, 0.3) is 0 Å². The molecule has 11 heteroatoms. The zero-order valence-corrected chi connectivity index (χ0v) is 20.4. The minimum atomic E-state index is -1.33. The molecule has 0 bridgehead atoms. The van der Waals surface area contributed by atoms with E-state index in [0.717, 1.165) is 10.2 Å². The van der Waals surface area contributed by atoms with E-state index in [1.54, 1.807) is 25.4 Å². The molecule has 2 aromatic carbocycles. The number of benzene rings is 2. The number of nitrogens with zero attached hydrogens (tertiary/aromatic N) is 3. The van der Waals surface area contributed by atoms with Crippen molar-refractivity contribution in [3.8, 4) is 5.75 Å². The number of hydrogen-bond acceptors (Lipinski definition) is 8. The standard InChI is InChI=1S/C23H25BrN4O6/c1-23(22(32-2)33-3)21(29)20(17-12-16(28(30)31)8-9-18(17)34-23)27(13-19-25-10-11-26-19)15-6-4-14(24)5-7-15/h4-12,20-22,29H,13H2,1-3H3,(H,25,26)/t20-,21+,23?/m1/s1. The predicted octanol–water partition coefficient (Wildman–Crippen LogP) is 3.96. The second-order valence-electron chi connectivity index (χ2n) is 8.10. The highest BCUT2D eigenvalue weighted by Gasteiger charge is 2.54. The molecule has 1 unspecified atom stereocenters. The third kappa shape index (κ3) is 4.39. The maximum atomic E-state index is 11.8. The SMILES string of the molecule is COC(OC)C1(C)Oc2ccc([N+](=O)[O-])cc2[C@@H](N(Cc2ncc[nH]2)c2ccc(Br)cc2)[C@@H]1O. The lowest BCUT2D eigenvalue weighted by atomic mass is 9.83. The van der Waals surface area contributed by atoms with Crippen LogP contribution in [0.3, 0.4) is 0 Å². The summed E-state index contributed by atoms with van der Waals surface area (Å²) < 4.78 is 18.1. The molecule has 180 valence electrons. The van der Waals surface area contributed by atoms with Gasteiger partial charge in [0.15, 0.2) is 11.9 Å². The van der Waals surface area contributed by atoms with Crippen LogP contribution >= 0.6 is 15.9 Å². The number of nitro groups is 1. The number of nitrogens with one attached hydrogen (secondary N) is 1. The van der Waals surface area contributed by atoms with Crippen LogP contribution in [0.5, 0.6) is 5.75 Å². The number of nitro benzene ring substituents is 1. The normalized spacial score (nSPS) is 21.7. The number of aromatic nitrogens is 2. The van der Waals surface area contributed by atoms with Crippen molar-refractivity contribution in [1.82, 2.24) is 9.97 Å². The molecule has 0 saturated carbocycles. The van der Waals surface area contributed by atoms with Gasteiger partial charge in [-0.25, -0.2) is 4.98 Å². The third-order valence-corrected chi connectivity index (χ3v) is 6.53. The molecule has 1 aliphatic rings. The smallest absolute Gasteiger partial charge is 0.270 e. The number of halogens is 1. The number of aliphatic hydroxyl groups excluding tert-OH is 1. The number of rotatable bonds is 8. The van der Waals surface area contributed by atoms with E-state index in [-0.39, 0.29) is 5.69 Å². The fourth-order valence-corrected chi connectivity index (χ4v) is 4.64. The van der Waals surface area contributed by atoms with E-state index in [1.165, 1.54) is 26.4 Å². The lowest BCUT2D eigenvalue weighted by Crippen LogP contribution is -2.62. The summed E-state index contributed by atoms with van der Waals surface area (Å²) >= 11 is 3.46. The van der Waals surface area contributed by atoms with Crippen LogP contribution in [0, 0.1) is 10.1 Å². The molecule has 0 aliphatic carbocycles. The van der Waals surface area contributed by atoms with Gasteiger partial charge in [0.05, 0.1) is 17.5 Å². The Balaban J connectivity index is 1.92. The molecule has 1 aromatic heterocycles. The molecule has 4 rings (SSSR count). The minimum absolute atomic E-state index is 0.105. The number of H-pyrrole nitrogens is 1. The molecule has 2 heterocycles. The van der Waals surface area contributed by atoms with E-state index in [1.807, 2.05) is 29.2 Å². The van der Waals surface area contributed by atoms with Gasteiger partial charge in [-0.05, 0) is 37.3 Å². The second kappa shape index (κ2) is 9.71. The molecule has 2 N–H and O–H groups in total. The van der Waals surface area contributed by atoms with Gasteiger partial charge < -0.3 is 29.2 Å². The number of anilines is 1. The number of aromatic amines is 1. The fraction of sp³-hybridized carbons (Fsp3) is 0.348. The number of hydrogen-bond donors (Lipinski definition) is 2. The number of imidazole rings is 1. The van der Waals surface area contributed by atoms with Gasteiger partial charge in [-0.15, -0.1) is 0 Å². The monoisotopic (exact) mass is 532 g/mol. The van der Waals surface area contributed by atoms with Crippen molar-refractivity contribution in [3.05, 3.63) is 80.8 Å². The summed E-state index contributed by atoms with van der Waals surface area (Å²) in [6.45, 7) is 1.98. The maximum Gasteiger partial charge on any atom is 0.270 e. The van der Waals surface area contributed by atoms with Gasteiger partial charge in [-0.1, -0.05) is 15.9 Å². The number of methoxy groups -OCH3 is 2. The highest BCUT2D eigenvalue weighted by atomic mass is 79.9. The summed E-state index contributed by atoms with van der Waals surface area (Å²) in [6.07, 6.45) is 1.24. The van der Waals surface area contributed by atoms with Gasteiger partial charge in [0.1, 0.15) is 17.7 Å². The van der Waals surface area contributed by atoms with E-state index >= 15 is 0 Å². The van der Waals surface area contributed by atoms with Crippen molar-refractivity contribution in [1.29, 1.82) is 0 Å². The Bertz CT molecular complexity index is 1140. The molecule has 10 nitrogen and oxygen atoms in total. The molecule has 0 fully saturated rings. The average molecular weight is 533 g/mol. The lowest BCUT2D eigenvalue weighted by Gasteiger charge is -2.49. The summed E-state index contributed by atoms with van der Waals surface area (Å²) in [7, 11) is 2.93. The van der Waals surface area contributed by atoms with E-state index < -0.39 is 29.0 Å². The maximum absolute atomic E-state index is 11.8. The largest absolute Gasteiger partial charge is 0.479 e.